The second kappa shape index (κ2) is 6.74. The quantitative estimate of drug-likeness (QED) is 0.711. The summed E-state index contributed by atoms with van der Waals surface area (Å²) < 4.78 is 0. The lowest BCUT2D eigenvalue weighted by molar-refractivity contribution is -0.122. The zero-order valence-electron chi connectivity index (χ0n) is 13.2. The molecule has 1 aliphatic heterocycles. The first-order valence-electron chi connectivity index (χ1n) is 7.97. The second-order valence-electron chi connectivity index (χ2n) is 5.97. The molecular formula is C17H20N4O3. The fourth-order valence-electron chi connectivity index (χ4n) is 3.07. The first-order chi connectivity index (χ1) is 11.6. The van der Waals surface area contributed by atoms with E-state index >= 15 is 0 Å². The molecule has 4 N–H and O–H groups in total. The van der Waals surface area contributed by atoms with Crippen LogP contribution in [0, 0.1) is 5.92 Å². The number of allylic oxidation sites excluding steroid dienone is 1. The molecule has 0 spiro atoms. The largest absolute Gasteiger partial charge is 0.369 e. The summed E-state index contributed by atoms with van der Waals surface area (Å²) >= 11 is 0. The molecule has 1 aromatic carbocycles. The average Bonchev–Trinajstić information content (AvgIpc) is 3.01. The normalized spacial score (nSPS) is 23.0. The molecule has 4 amide bonds. The number of carbonyl (C=O) groups is 3. The predicted octanol–water partition coefficient (Wildman–Crippen LogP) is 0.766. The molecule has 1 aliphatic carbocycles. The number of primary amides is 1. The van der Waals surface area contributed by atoms with Gasteiger partial charge in [-0.1, -0.05) is 18.2 Å². The Morgan fingerprint density at radius 1 is 1.25 bits per heavy atom. The molecule has 1 aromatic rings. The standard InChI is InChI=1S/C17H20N4O3/c18-15(22)13-6-1-2-7-14(13)20-16(23)11-4-3-5-12(10-11)21-9-8-19-17(21)24/h1-5,10,13-14H,6-9H2,(H2,18,22)(H,19,24)(H,20,23)/t13-,14-/m1/s1. The van der Waals surface area contributed by atoms with Crippen LogP contribution in [-0.4, -0.2) is 37.0 Å². The van der Waals surface area contributed by atoms with Gasteiger partial charge in [-0.15, -0.1) is 0 Å². The monoisotopic (exact) mass is 328 g/mol. The molecule has 1 heterocycles. The van der Waals surface area contributed by atoms with Gasteiger partial charge in [0.1, 0.15) is 0 Å². The van der Waals surface area contributed by atoms with Crippen molar-refractivity contribution in [2.75, 3.05) is 18.0 Å². The molecule has 3 rings (SSSR count). The van der Waals surface area contributed by atoms with Gasteiger partial charge in [-0.3, -0.25) is 14.5 Å². The van der Waals surface area contributed by atoms with E-state index in [2.05, 4.69) is 10.6 Å². The Morgan fingerprint density at radius 3 is 2.75 bits per heavy atom. The topological polar surface area (TPSA) is 105 Å². The van der Waals surface area contributed by atoms with E-state index in [1.54, 1.807) is 29.2 Å². The molecule has 0 bridgehead atoms. The molecule has 0 unspecified atom stereocenters. The van der Waals surface area contributed by atoms with Gasteiger partial charge in [0.25, 0.3) is 5.91 Å². The lowest BCUT2D eigenvalue weighted by atomic mass is 9.88. The van der Waals surface area contributed by atoms with Crippen LogP contribution in [0.2, 0.25) is 0 Å². The molecule has 24 heavy (non-hydrogen) atoms. The number of benzene rings is 1. The minimum Gasteiger partial charge on any atom is -0.369 e. The molecule has 0 aromatic heterocycles. The molecule has 7 heteroatoms. The molecular weight excluding hydrogens is 308 g/mol. The van der Waals surface area contributed by atoms with E-state index in [1.807, 2.05) is 12.2 Å². The summed E-state index contributed by atoms with van der Waals surface area (Å²) in [4.78, 5) is 37.4. The van der Waals surface area contributed by atoms with Crippen LogP contribution in [0.3, 0.4) is 0 Å². The molecule has 126 valence electrons. The van der Waals surface area contributed by atoms with E-state index in [-0.39, 0.29) is 18.0 Å². The van der Waals surface area contributed by atoms with Crippen LogP contribution in [-0.2, 0) is 4.79 Å². The summed E-state index contributed by atoms with van der Waals surface area (Å²) in [6.07, 6.45) is 4.96. The summed E-state index contributed by atoms with van der Waals surface area (Å²) in [6, 6.07) is 6.42. The van der Waals surface area contributed by atoms with E-state index in [0.29, 0.717) is 37.2 Å². The highest BCUT2D eigenvalue weighted by Crippen LogP contribution is 2.21. The summed E-state index contributed by atoms with van der Waals surface area (Å²) in [5.41, 5.74) is 6.54. The third-order valence-electron chi connectivity index (χ3n) is 4.39. The predicted molar refractivity (Wildman–Crippen MR) is 89.5 cm³/mol. The Kier molecular flexibility index (Phi) is 4.50. The Balaban J connectivity index is 1.74. The third kappa shape index (κ3) is 3.24. The molecule has 2 aliphatic rings. The molecule has 7 nitrogen and oxygen atoms in total. The van der Waals surface area contributed by atoms with Crippen molar-refractivity contribution < 1.29 is 14.4 Å². The Bertz CT molecular complexity index is 701. The number of rotatable bonds is 4. The van der Waals surface area contributed by atoms with Gasteiger partial charge in [-0.05, 0) is 31.0 Å². The maximum atomic E-state index is 12.5. The number of hydrogen-bond donors (Lipinski definition) is 3. The first kappa shape index (κ1) is 16.0. The molecule has 0 saturated carbocycles. The average molecular weight is 328 g/mol. The van der Waals surface area contributed by atoms with Crippen molar-refractivity contribution in [3.05, 3.63) is 42.0 Å². The fraction of sp³-hybridized carbons (Fsp3) is 0.353. The number of nitrogens with one attached hydrogen (secondary N) is 2. The van der Waals surface area contributed by atoms with Gasteiger partial charge in [0.2, 0.25) is 5.91 Å². The summed E-state index contributed by atoms with van der Waals surface area (Å²) in [5.74, 6) is -1.08. The van der Waals surface area contributed by atoms with Gasteiger partial charge in [0.15, 0.2) is 0 Å². The number of amides is 4. The fourth-order valence-corrected chi connectivity index (χ4v) is 3.07. The van der Waals surface area contributed by atoms with Gasteiger partial charge in [0.05, 0.1) is 5.92 Å². The lowest BCUT2D eigenvalue weighted by Crippen LogP contribution is -2.46. The van der Waals surface area contributed by atoms with Crippen LogP contribution < -0.4 is 21.3 Å². The highest BCUT2D eigenvalue weighted by atomic mass is 16.2. The maximum absolute atomic E-state index is 12.5. The van der Waals surface area contributed by atoms with Gasteiger partial charge in [-0.25, -0.2) is 4.79 Å². The Morgan fingerprint density at radius 2 is 2.04 bits per heavy atom. The van der Waals surface area contributed by atoms with Crippen LogP contribution in [0.4, 0.5) is 10.5 Å². The van der Waals surface area contributed by atoms with E-state index in [4.69, 9.17) is 5.73 Å². The van der Waals surface area contributed by atoms with Crippen LogP contribution in [0.1, 0.15) is 23.2 Å². The SMILES string of the molecule is NC(=O)[C@@H]1CC=CC[C@H]1NC(=O)c1cccc(N2CCNC2=O)c1. The van der Waals surface area contributed by atoms with Crippen molar-refractivity contribution in [3.8, 4) is 0 Å². The van der Waals surface area contributed by atoms with Crippen LogP contribution in [0.25, 0.3) is 0 Å². The zero-order chi connectivity index (χ0) is 17.1. The summed E-state index contributed by atoms with van der Waals surface area (Å²) in [7, 11) is 0. The van der Waals surface area contributed by atoms with Gasteiger partial charge >= 0.3 is 6.03 Å². The van der Waals surface area contributed by atoms with E-state index in [1.165, 1.54) is 0 Å². The number of carbonyl (C=O) groups excluding carboxylic acids is 3. The number of nitrogens with two attached hydrogens (primary N) is 1. The van der Waals surface area contributed by atoms with Gasteiger partial charge in [0, 0.05) is 30.4 Å². The second-order valence-corrected chi connectivity index (χ2v) is 5.97. The number of anilines is 1. The highest BCUT2D eigenvalue weighted by molar-refractivity contribution is 5.98. The van der Waals surface area contributed by atoms with E-state index in [9.17, 15) is 14.4 Å². The lowest BCUT2D eigenvalue weighted by Gasteiger charge is -2.27. The molecule has 1 saturated heterocycles. The van der Waals surface area contributed by atoms with Crippen molar-refractivity contribution in [2.45, 2.75) is 18.9 Å². The van der Waals surface area contributed by atoms with E-state index in [0.717, 1.165) is 0 Å². The third-order valence-corrected chi connectivity index (χ3v) is 4.39. The first-order valence-corrected chi connectivity index (χ1v) is 7.97. The van der Waals surface area contributed by atoms with Crippen molar-refractivity contribution in [2.24, 2.45) is 11.7 Å². The number of urea groups is 1. The minimum absolute atomic E-state index is 0.168. The minimum atomic E-state index is -0.410. The van der Waals surface area contributed by atoms with Crippen LogP contribution in [0.15, 0.2) is 36.4 Å². The Hall–Kier alpha value is -2.83. The molecule has 0 radical (unpaired) electrons. The zero-order valence-corrected chi connectivity index (χ0v) is 13.2. The van der Waals surface area contributed by atoms with Crippen LogP contribution >= 0.6 is 0 Å². The summed E-state index contributed by atoms with van der Waals surface area (Å²) in [5, 5.41) is 5.61. The highest BCUT2D eigenvalue weighted by Gasteiger charge is 2.29. The number of hydrogen-bond acceptors (Lipinski definition) is 3. The molecule has 2 atom stereocenters. The maximum Gasteiger partial charge on any atom is 0.321 e. The van der Waals surface area contributed by atoms with Crippen molar-refractivity contribution in [3.63, 3.8) is 0 Å². The van der Waals surface area contributed by atoms with Crippen LogP contribution in [0.5, 0.6) is 0 Å². The van der Waals surface area contributed by atoms with Crippen molar-refractivity contribution in [1.29, 1.82) is 0 Å². The number of nitrogens with zero attached hydrogens (tertiary/aromatic N) is 1. The van der Waals surface area contributed by atoms with Gasteiger partial charge < -0.3 is 16.4 Å². The van der Waals surface area contributed by atoms with Crippen molar-refractivity contribution in [1.82, 2.24) is 10.6 Å². The molecule has 1 fully saturated rings. The van der Waals surface area contributed by atoms with E-state index < -0.39 is 11.8 Å². The smallest absolute Gasteiger partial charge is 0.321 e. The Labute approximate surface area is 139 Å². The van der Waals surface area contributed by atoms with Crippen molar-refractivity contribution >= 4 is 23.5 Å². The summed E-state index contributed by atoms with van der Waals surface area (Å²) in [6.45, 7) is 1.16. The van der Waals surface area contributed by atoms with Gasteiger partial charge in [-0.2, -0.15) is 0 Å².